The number of fused-ring (bicyclic) bond motifs is 1. The van der Waals surface area contributed by atoms with Crippen molar-refractivity contribution < 1.29 is 9.94 Å². The number of hydrogen-bond acceptors (Lipinski definition) is 3. The number of aliphatic hydroxyl groups excluding tert-OH is 1. The maximum atomic E-state index is 9.89. The van der Waals surface area contributed by atoms with Crippen LogP contribution in [0.2, 0.25) is 0 Å². The van der Waals surface area contributed by atoms with Gasteiger partial charge in [0, 0.05) is 13.0 Å². The molecule has 2 fully saturated rings. The number of hydroxylamine groups is 2. The summed E-state index contributed by atoms with van der Waals surface area (Å²) in [5.74, 6) is 0. The molecule has 3 rings (SSSR count). The molecule has 3 unspecified atom stereocenters. The van der Waals surface area contributed by atoms with Crippen LogP contribution in [-0.2, 0) is 11.3 Å². The van der Waals surface area contributed by atoms with Gasteiger partial charge in [0.2, 0.25) is 0 Å². The third-order valence-electron chi connectivity index (χ3n) is 4.36. The van der Waals surface area contributed by atoms with Crippen LogP contribution in [0.4, 0.5) is 0 Å². The number of rotatable bonds is 5. The molecule has 0 amide bonds. The van der Waals surface area contributed by atoms with E-state index in [0.717, 1.165) is 38.6 Å². The van der Waals surface area contributed by atoms with Crippen molar-refractivity contribution in [2.45, 2.75) is 50.9 Å². The number of aryl methyl sites for hydroxylation is 1. The molecule has 0 aromatic heterocycles. The normalized spacial score (nSPS) is 32.8. The van der Waals surface area contributed by atoms with Gasteiger partial charge in [-0.05, 0) is 36.8 Å². The first-order valence-corrected chi connectivity index (χ1v) is 7.63. The van der Waals surface area contributed by atoms with E-state index in [2.05, 4.69) is 43.3 Å². The van der Waals surface area contributed by atoms with Gasteiger partial charge in [-0.1, -0.05) is 43.3 Å². The summed E-state index contributed by atoms with van der Waals surface area (Å²) < 4.78 is 0. The van der Waals surface area contributed by atoms with E-state index in [0.29, 0.717) is 0 Å². The second-order valence-electron chi connectivity index (χ2n) is 5.73. The quantitative estimate of drug-likeness (QED) is 0.661. The Morgan fingerprint density at radius 2 is 2.25 bits per heavy atom. The third-order valence-corrected chi connectivity index (χ3v) is 4.36. The van der Waals surface area contributed by atoms with Gasteiger partial charge >= 0.3 is 0 Å². The molecule has 0 spiro atoms. The average Bonchev–Trinajstić information content (AvgIpc) is 3.19. The Hall–Kier alpha value is -1.16. The Morgan fingerprint density at radius 1 is 1.45 bits per heavy atom. The van der Waals surface area contributed by atoms with Crippen LogP contribution < -0.4 is 0 Å². The van der Waals surface area contributed by atoms with Crippen molar-refractivity contribution in [3.05, 3.63) is 47.5 Å². The molecule has 0 aliphatic carbocycles. The van der Waals surface area contributed by atoms with Crippen molar-refractivity contribution in [2.75, 3.05) is 6.54 Å². The second kappa shape index (κ2) is 5.68. The van der Waals surface area contributed by atoms with Gasteiger partial charge in [0.25, 0.3) is 0 Å². The van der Waals surface area contributed by atoms with Gasteiger partial charge in [-0.15, -0.1) is 5.06 Å². The standard InChI is InChI=1S/C17H23NO2/c1-2-15(10-6-9-14-7-4-3-5-8-14)17-13-16(19)11-12-18(17)20-17/h3-5,7-8,10,16,19H,2,6,9,11-13H2,1H3/b15-10+. The summed E-state index contributed by atoms with van der Waals surface area (Å²) in [4.78, 5) is 5.80. The zero-order valence-electron chi connectivity index (χ0n) is 12.1. The number of piperidine rings is 1. The zero-order valence-corrected chi connectivity index (χ0v) is 12.1. The van der Waals surface area contributed by atoms with Gasteiger partial charge in [0.05, 0.1) is 6.10 Å². The van der Waals surface area contributed by atoms with Crippen LogP contribution >= 0.6 is 0 Å². The first kappa shape index (κ1) is 13.8. The number of allylic oxidation sites excluding steroid dienone is 1. The van der Waals surface area contributed by atoms with Crippen molar-refractivity contribution in [3.8, 4) is 0 Å². The smallest absolute Gasteiger partial charge is 0.188 e. The Morgan fingerprint density at radius 3 is 3.00 bits per heavy atom. The molecule has 2 aliphatic rings. The molecule has 3 heteroatoms. The fraction of sp³-hybridized carbons (Fsp3) is 0.529. The zero-order chi connectivity index (χ0) is 14.0. The number of benzene rings is 1. The summed E-state index contributed by atoms with van der Waals surface area (Å²) in [7, 11) is 0. The molecule has 0 bridgehead atoms. The minimum atomic E-state index is -0.275. The van der Waals surface area contributed by atoms with Crippen LogP contribution in [0.5, 0.6) is 0 Å². The first-order valence-electron chi connectivity index (χ1n) is 7.63. The second-order valence-corrected chi connectivity index (χ2v) is 5.73. The Bertz CT molecular complexity index is 485. The lowest BCUT2D eigenvalue weighted by molar-refractivity contribution is 0.105. The monoisotopic (exact) mass is 273 g/mol. The molecule has 3 nitrogen and oxygen atoms in total. The van der Waals surface area contributed by atoms with Crippen LogP contribution in [0.25, 0.3) is 0 Å². The molecule has 2 heterocycles. The van der Waals surface area contributed by atoms with E-state index < -0.39 is 0 Å². The summed E-state index contributed by atoms with van der Waals surface area (Å²) in [6.07, 6.45) is 6.70. The topological polar surface area (TPSA) is 35.8 Å². The molecular weight excluding hydrogens is 250 g/mol. The molecule has 0 radical (unpaired) electrons. The van der Waals surface area contributed by atoms with E-state index in [4.69, 9.17) is 4.84 Å². The van der Waals surface area contributed by atoms with Crippen LogP contribution in [0.3, 0.4) is 0 Å². The maximum absolute atomic E-state index is 9.89. The first-order chi connectivity index (χ1) is 9.74. The third kappa shape index (κ3) is 2.66. The summed E-state index contributed by atoms with van der Waals surface area (Å²) in [5.41, 5.74) is 2.42. The highest BCUT2D eigenvalue weighted by molar-refractivity contribution is 5.23. The molecule has 20 heavy (non-hydrogen) atoms. The van der Waals surface area contributed by atoms with E-state index >= 15 is 0 Å². The highest BCUT2D eigenvalue weighted by Gasteiger charge is 2.59. The lowest BCUT2D eigenvalue weighted by Gasteiger charge is -2.23. The van der Waals surface area contributed by atoms with Gasteiger partial charge in [0.1, 0.15) is 0 Å². The molecule has 1 aromatic carbocycles. The molecule has 2 aliphatic heterocycles. The largest absolute Gasteiger partial charge is 0.393 e. The Balaban J connectivity index is 1.63. The van der Waals surface area contributed by atoms with Gasteiger partial charge in [-0.25, -0.2) is 0 Å². The maximum Gasteiger partial charge on any atom is 0.188 e. The minimum Gasteiger partial charge on any atom is -0.393 e. The van der Waals surface area contributed by atoms with E-state index in [1.54, 1.807) is 0 Å². The van der Waals surface area contributed by atoms with Gasteiger partial charge in [-0.3, -0.25) is 4.84 Å². The van der Waals surface area contributed by atoms with Crippen molar-refractivity contribution in [2.24, 2.45) is 0 Å². The highest BCUT2D eigenvalue weighted by atomic mass is 16.9. The number of hydrogen-bond donors (Lipinski definition) is 1. The van der Waals surface area contributed by atoms with E-state index in [1.165, 1.54) is 11.1 Å². The minimum absolute atomic E-state index is 0.224. The van der Waals surface area contributed by atoms with E-state index in [1.807, 2.05) is 5.06 Å². The predicted molar refractivity (Wildman–Crippen MR) is 78.9 cm³/mol. The molecule has 1 N–H and O–H groups in total. The summed E-state index contributed by atoms with van der Waals surface area (Å²) in [6, 6.07) is 10.6. The lowest BCUT2D eigenvalue weighted by Crippen LogP contribution is -2.34. The van der Waals surface area contributed by atoms with Gasteiger partial charge in [-0.2, -0.15) is 0 Å². The SMILES string of the molecule is CC/C(=C\CCc1ccccc1)C12CC(O)CCN1O2. The van der Waals surface area contributed by atoms with Gasteiger partial charge in [0.15, 0.2) is 5.72 Å². The fourth-order valence-corrected chi connectivity index (χ4v) is 3.20. The molecule has 0 saturated carbocycles. The van der Waals surface area contributed by atoms with E-state index in [-0.39, 0.29) is 11.8 Å². The number of aliphatic hydroxyl groups is 1. The highest BCUT2D eigenvalue weighted by Crippen LogP contribution is 2.49. The lowest BCUT2D eigenvalue weighted by atomic mass is 9.91. The van der Waals surface area contributed by atoms with Crippen LogP contribution in [0.15, 0.2) is 42.0 Å². The summed E-state index contributed by atoms with van der Waals surface area (Å²) in [6.45, 7) is 3.02. The molecule has 108 valence electrons. The van der Waals surface area contributed by atoms with Crippen LogP contribution in [0.1, 0.15) is 38.2 Å². The summed E-state index contributed by atoms with van der Waals surface area (Å²) in [5, 5.41) is 11.9. The van der Waals surface area contributed by atoms with Gasteiger partial charge < -0.3 is 5.11 Å². The average molecular weight is 273 g/mol. The van der Waals surface area contributed by atoms with Crippen molar-refractivity contribution in [3.63, 3.8) is 0 Å². The molecule has 2 saturated heterocycles. The molecule has 3 atom stereocenters. The van der Waals surface area contributed by atoms with Crippen LogP contribution in [-0.4, -0.2) is 28.5 Å². The fourth-order valence-electron chi connectivity index (χ4n) is 3.20. The van der Waals surface area contributed by atoms with Crippen LogP contribution in [0, 0.1) is 0 Å². The van der Waals surface area contributed by atoms with E-state index in [9.17, 15) is 5.11 Å². The summed E-state index contributed by atoms with van der Waals surface area (Å²) >= 11 is 0. The Kier molecular flexibility index (Phi) is 3.92. The predicted octanol–water partition coefficient (Wildman–Crippen LogP) is 3.05. The Labute approximate surface area is 120 Å². The molecule has 1 aromatic rings. The van der Waals surface area contributed by atoms with Crippen molar-refractivity contribution in [1.29, 1.82) is 0 Å². The number of nitrogens with zero attached hydrogens (tertiary/aromatic N) is 1. The molecular formula is C17H23NO2. The van der Waals surface area contributed by atoms with Crippen molar-refractivity contribution >= 4 is 0 Å². The van der Waals surface area contributed by atoms with Crippen molar-refractivity contribution in [1.82, 2.24) is 5.06 Å².